The molecule has 0 N–H and O–H groups in total. The number of hydrogen-bond acceptors (Lipinski definition) is 4. The fraction of sp³-hybridized carbons (Fsp3) is 0.417. The SMILES string of the molecule is CC1CSCCN1S(=O)(=O)c1ccc(C#N)cc1Cl. The van der Waals surface area contributed by atoms with E-state index in [1.807, 2.05) is 13.0 Å². The minimum absolute atomic E-state index is 0.0459. The molecule has 1 heterocycles. The predicted octanol–water partition coefficient (Wildman–Crippen LogP) is 2.34. The molecule has 1 aromatic rings. The van der Waals surface area contributed by atoms with Gasteiger partial charge in [-0.3, -0.25) is 0 Å². The third-order valence-electron chi connectivity index (χ3n) is 2.95. The molecule has 102 valence electrons. The average Bonchev–Trinajstić information content (AvgIpc) is 2.38. The van der Waals surface area contributed by atoms with Crippen molar-refractivity contribution in [1.82, 2.24) is 4.31 Å². The molecule has 0 radical (unpaired) electrons. The molecule has 19 heavy (non-hydrogen) atoms. The Kier molecular flexibility index (Phi) is 4.41. The van der Waals surface area contributed by atoms with Crippen molar-refractivity contribution in [2.24, 2.45) is 0 Å². The van der Waals surface area contributed by atoms with Crippen molar-refractivity contribution in [3.8, 4) is 6.07 Å². The second-order valence-corrected chi connectivity index (χ2v) is 7.71. The number of rotatable bonds is 2. The van der Waals surface area contributed by atoms with Crippen LogP contribution >= 0.6 is 23.4 Å². The average molecular weight is 317 g/mol. The van der Waals surface area contributed by atoms with Gasteiger partial charge in [-0.1, -0.05) is 11.6 Å². The molecule has 1 saturated heterocycles. The fourth-order valence-electron chi connectivity index (χ4n) is 1.97. The monoisotopic (exact) mass is 316 g/mol. The standard InChI is InChI=1S/C12H13ClN2O2S2/c1-9-8-18-5-4-15(9)19(16,17)12-3-2-10(7-14)6-11(12)13/h2-3,6,9H,4-5,8H2,1H3. The van der Waals surface area contributed by atoms with E-state index in [-0.39, 0.29) is 16.0 Å². The number of nitriles is 1. The summed E-state index contributed by atoms with van der Waals surface area (Å²) in [5.74, 6) is 1.57. The van der Waals surface area contributed by atoms with Crippen LogP contribution in [0.25, 0.3) is 0 Å². The summed E-state index contributed by atoms with van der Waals surface area (Å²) >= 11 is 7.74. The summed E-state index contributed by atoms with van der Waals surface area (Å²) in [5, 5.41) is 8.88. The van der Waals surface area contributed by atoms with E-state index in [1.54, 1.807) is 11.8 Å². The largest absolute Gasteiger partial charge is 0.244 e. The molecule has 0 aromatic heterocycles. The first kappa shape index (κ1) is 14.7. The van der Waals surface area contributed by atoms with Crippen molar-refractivity contribution in [3.63, 3.8) is 0 Å². The molecule has 0 spiro atoms. The molecule has 7 heteroatoms. The van der Waals surface area contributed by atoms with Gasteiger partial charge in [0.15, 0.2) is 0 Å². The van der Waals surface area contributed by atoms with E-state index in [2.05, 4.69) is 0 Å². The lowest BCUT2D eigenvalue weighted by molar-refractivity contribution is 0.367. The molecule has 0 amide bonds. The second-order valence-electron chi connectivity index (χ2n) is 4.30. The first-order valence-corrected chi connectivity index (χ1v) is 8.73. The first-order chi connectivity index (χ1) is 8.96. The van der Waals surface area contributed by atoms with Gasteiger partial charge in [0.25, 0.3) is 0 Å². The summed E-state index contributed by atoms with van der Waals surface area (Å²) in [4.78, 5) is 0.0758. The highest BCUT2D eigenvalue weighted by Gasteiger charge is 2.32. The molecule has 0 saturated carbocycles. The number of thioether (sulfide) groups is 1. The Bertz CT molecular complexity index is 625. The normalized spacial score (nSPS) is 21.0. The maximum Gasteiger partial charge on any atom is 0.244 e. The van der Waals surface area contributed by atoms with Crippen molar-refractivity contribution in [2.75, 3.05) is 18.1 Å². The Morgan fingerprint density at radius 1 is 1.53 bits per heavy atom. The van der Waals surface area contributed by atoms with Crippen LogP contribution in [0.15, 0.2) is 23.1 Å². The zero-order valence-corrected chi connectivity index (χ0v) is 12.7. The molecule has 1 fully saturated rings. The topological polar surface area (TPSA) is 61.2 Å². The second kappa shape index (κ2) is 5.71. The number of nitrogens with zero attached hydrogens (tertiary/aromatic N) is 2. The fourth-order valence-corrected chi connectivity index (χ4v) is 5.35. The van der Waals surface area contributed by atoms with Crippen LogP contribution in [0.3, 0.4) is 0 Å². The van der Waals surface area contributed by atoms with Gasteiger partial charge in [-0.05, 0) is 25.1 Å². The third-order valence-corrected chi connectivity index (χ3v) is 6.64. The van der Waals surface area contributed by atoms with Crippen LogP contribution in [0.2, 0.25) is 5.02 Å². The maximum atomic E-state index is 12.6. The van der Waals surface area contributed by atoms with Gasteiger partial charge in [0.1, 0.15) is 4.90 Å². The highest BCUT2D eigenvalue weighted by atomic mass is 35.5. The summed E-state index contributed by atoms with van der Waals surface area (Å²) in [6, 6.07) is 6.16. The van der Waals surface area contributed by atoms with Crippen LogP contribution in [0.5, 0.6) is 0 Å². The first-order valence-electron chi connectivity index (χ1n) is 5.76. The van der Waals surface area contributed by atoms with E-state index in [4.69, 9.17) is 16.9 Å². The van der Waals surface area contributed by atoms with Crippen LogP contribution in [-0.4, -0.2) is 36.8 Å². The van der Waals surface area contributed by atoms with E-state index in [1.165, 1.54) is 22.5 Å². The van der Waals surface area contributed by atoms with Crippen molar-refractivity contribution >= 4 is 33.4 Å². The molecule has 1 aromatic carbocycles. The molecule has 0 bridgehead atoms. The molecule has 1 aliphatic rings. The summed E-state index contributed by atoms with van der Waals surface area (Å²) in [7, 11) is -3.59. The minimum Gasteiger partial charge on any atom is -0.207 e. The molecule has 1 aliphatic heterocycles. The summed E-state index contributed by atoms with van der Waals surface area (Å²) in [6.07, 6.45) is 0. The maximum absolute atomic E-state index is 12.6. The summed E-state index contributed by atoms with van der Waals surface area (Å²) in [5.41, 5.74) is 0.353. The number of hydrogen-bond donors (Lipinski definition) is 0. The zero-order chi connectivity index (χ0) is 14.0. The Balaban J connectivity index is 2.42. The molecule has 2 rings (SSSR count). The van der Waals surface area contributed by atoms with E-state index in [0.29, 0.717) is 12.1 Å². The van der Waals surface area contributed by atoms with Crippen LogP contribution in [0.1, 0.15) is 12.5 Å². The number of halogens is 1. The van der Waals surface area contributed by atoms with Gasteiger partial charge in [-0.2, -0.15) is 21.3 Å². The van der Waals surface area contributed by atoms with Gasteiger partial charge in [-0.25, -0.2) is 8.42 Å². The van der Waals surface area contributed by atoms with Crippen LogP contribution < -0.4 is 0 Å². The van der Waals surface area contributed by atoms with E-state index in [0.717, 1.165) is 11.5 Å². The van der Waals surface area contributed by atoms with Crippen molar-refractivity contribution in [1.29, 1.82) is 5.26 Å². The van der Waals surface area contributed by atoms with E-state index >= 15 is 0 Å². The molecule has 4 nitrogen and oxygen atoms in total. The van der Waals surface area contributed by atoms with Gasteiger partial charge >= 0.3 is 0 Å². The lowest BCUT2D eigenvalue weighted by Crippen LogP contribution is -2.44. The zero-order valence-electron chi connectivity index (χ0n) is 10.3. The Morgan fingerprint density at radius 3 is 2.84 bits per heavy atom. The lowest BCUT2D eigenvalue weighted by atomic mass is 10.2. The van der Waals surface area contributed by atoms with Crippen LogP contribution in [0, 0.1) is 11.3 Å². The number of benzene rings is 1. The molecular formula is C12H13ClN2O2S2. The van der Waals surface area contributed by atoms with Gasteiger partial charge in [-0.15, -0.1) is 0 Å². The highest BCUT2D eigenvalue weighted by molar-refractivity contribution is 7.99. The van der Waals surface area contributed by atoms with Gasteiger partial charge in [0.2, 0.25) is 10.0 Å². The minimum atomic E-state index is -3.59. The van der Waals surface area contributed by atoms with Crippen molar-refractivity contribution in [3.05, 3.63) is 28.8 Å². The van der Waals surface area contributed by atoms with Gasteiger partial charge < -0.3 is 0 Å². The van der Waals surface area contributed by atoms with E-state index in [9.17, 15) is 8.42 Å². The Morgan fingerprint density at radius 2 is 2.26 bits per heavy atom. The Labute approximate surface area is 122 Å². The van der Waals surface area contributed by atoms with Gasteiger partial charge in [0.05, 0.1) is 16.7 Å². The van der Waals surface area contributed by atoms with Crippen molar-refractivity contribution in [2.45, 2.75) is 17.9 Å². The lowest BCUT2D eigenvalue weighted by Gasteiger charge is -2.32. The summed E-state index contributed by atoms with van der Waals surface area (Å²) < 4.78 is 26.6. The smallest absolute Gasteiger partial charge is 0.207 e. The molecule has 1 unspecified atom stereocenters. The van der Waals surface area contributed by atoms with E-state index < -0.39 is 10.0 Å². The molecule has 0 aliphatic carbocycles. The predicted molar refractivity (Wildman–Crippen MR) is 76.8 cm³/mol. The van der Waals surface area contributed by atoms with Crippen LogP contribution in [-0.2, 0) is 10.0 Å². The summed E-state index contributed by atoms with van der Waals surface area (Å²) in [6.45, 7) is 2.38. The van der Waals surface area contributed by atoms with Gasteiger partial charge in [0, 0.05) is 24.1 Å². The molecule has 1 atom stereocenters. The van der Waals surface area contributed by atoms with Crippen molar-refractivity contribution < 1.29 is 8.42 Å². The molecular weight excluding hydrogens is 304 g/mol. The number of sulfonamides is 1. The third kappa shape index (κ3) is 2.90. The quantitative estimate of drug-likeness (QED) is 0.840. The Hall–Kier alpha value is -0.740. The highest BCUT2D eigenvalue weighted by Crippen LogP contribution is 2.29. The van der Waals surface area contributed by atoms with Crippen LogP contribution in [0.4, 0.5) is 0 Å².